The van der Waals surface area contributed by atoms with Crippen LogP contribution in [-0.2, 0) is 9.53 Å². The van der Waals surface area contributed by atoms with Gasteiger partial charge in [-0.1, -0.05) is 12.1 Å². The quantitative estimate of drug-likeness (QED) is 0.663. The van der Waals surface area contributed by atoms with Crippen molar-refractivity contribution < 1.29 is 18.3 Å². The second-order valence-electron chi connectivity index (χ2n) is 4.14. The number of nitriles is 1. The van der Waals surface area contributed by atoms with Crippen LogP contribution in [0.25, 0.3) is 6.08 Å². The zero-order valence-corrected chi connectivity index (χ0v) is 11.1. The highest BCUT2D eigenvalue weighted by Gasteiger charge is 2.14. The molecule has 0 aromatic heterocycles. The molecule has 1 rings (SSSR count). The third-order valence-electron chi connectivity index (χ3n) is 2.44. The smallest absolute Gasteiger partial charge is 0.262 e. The standard InChI is InChI=1S/C14H14F2N2O2/c1-9(8-20-2)18-14(19)11(7-17)6-10-4-3-5-12(15)13(10)16/h3-6,9H,8H2,1-2H3,(H,18,19)/b11-6+. The molecule has 6 heteroatoms. The summed E-state index contributed by atoms with van der Waals surface area (Å²) in [7, 11) is 1.48. The number of ether oxygens (including phenoxy) is 1. The van der Waals surface area contributed by atoms with E-state index in [1.807, 2.05) is 0 Å². The maximum atomic E-state index is 13.5. The zero-order valence-electron chi connectivity index (χ0n) is 11.1. The Morgan fingerprint density at radius 3 is 2.85 bits per heavy atom. The van der Waals surface area contributed by atoms with Gasteiger partial charge in [0.2, 0.25) is 0 Å². The lowest BCUT2D eigenvalue weighted by Crippen LogP contribution is -2.36. The monoisotopic (exact) mass is 280 g/mol. The molecule has 20 heavy (non-hydrogen) atoms. The SMILES string of the molecule is COCC(C)NC(=O)/C(C#N)=C/c1cccc(F)c1F. The van der Waals surface area contributed by atoms with Crippen LogP contribution in [0.1, 0.15) is 12.5 Å². The van der Waals surface area contributed by atoms with Gasteiger partial charge in [-0.25, -0.2) is 8.78 Å². The molecule has 0 heterocycles. The molecule has 0 aliphatic heterocycles. The molecule has 1 N–H and O–H groups in total. The number of nitrogens with one attached hydrogen (secondary N) is 1. The average molecular weight is 280 g/mol. The lowest BCUT2D eigenvalue weighted by atomic mass is 10.1. The zero-order chi connectivity index (χ0) is 15.1. The van der Waals surface area contributed by atoms with Crippen LogP contribution in [0.3, 0.4) is 0 Å². The van der Waals surface area contributed by atoms with Gasteiger partial charge in [0.1, 0.15) is 11.6 Å². The molecule has 1 atom stereocenters. The largest absolute Gasteiger partial charge is 0.383 e. The Labute approximate surface area is 115 Å². The van der Waals surface area contributed by atoms with E-state index >= 15 is 0 Å². The van der Waals surface area contributed by atoms with Crippen LogP contribution in [0, 0.1) is 23.0 Å². The van der Waals surface area contributed by atoms with Gasteiger partial charge in [0.05, 0.1) is 6.61 Å². The number of amides is 1. The molecule has 106 valence electrons. The van der Waals surface area contributed by atoms with Crippen molar-refractivity contribution in [3.05, 3.63) is 41.0 Å². The second kappa shape index (κ2) is 7.36. The third kappa shape index (κ3) is 4.14. The van der Waals surface area contributed by atoms with Gasteiger partial charge in [-0.3, -0.25) is 4.79 Å². The van der Waals surface area contributed by atoms with Crippen molar-refractivity contribution in [1.82, 2.24) is 5.32 Å². The van der Waals surface area contributed by atoms with Crippen LogP contribution < -0.4 is 5.32 Å². The Hall–Kier alpha value is -2.26. The van der Waals surface area contributed by atoms with Crippen molar-refractivity contribution in [2.45, 2.75) is 13.0 Å². The highest BCUT2D eigenvalue weighted by Crippen LogP contribution is 2.15. The molecule has 0 saturated carbocycles. The molecule has 0 fully saturated rings. The predicted molar refractivity (Wildman–Crippen MR) is 69.4 cm³/mol. The predicted octanol–water partition coefficient (Wildman–Crippen LogP) is 2.02. The first kappa shape index (κ1) is 15.8. The maximum Gasteiger partial charge on any atom is 0.262 e. The molecule has 0 spiro atoms. The van der Waals surface area contributed by atoms with E-state index in [9.17, 15) is 13.6 Å². The average Bonchev–Trinajstić information content (AvgIpc) is 2.40. The van der Waals surface area contributed by atoms with E-state index in [2.05, 4.69) is 5.32 Å². The van der Waals surface area contributed by atoms with E-state index in [-0.39, 0.29) is 23.8 Å². The number of carbonyl (C=O) groups excluding carboxylic acids is 1. The molecule has 0 aliphatic carbocycles. The van der Waals surface area contributed by atoms with Crippen molar-refractivity contribution in [2.75, 3.05) is 13.7 Å². The highest BCUT2D eigenvalue weighted by molar-refractivity contribution is 6.01. The van der Waals surface area contributed by atoms with Crippen LogP contribution in [0.4, 0.5) is 8.78 Å². The summed E-state index contributed by atoms with van der Waals surface area (Å²) in [5.41, 5.74) is -0.464. The lowest BCUT2D eigenvalue weighted by Gasteiger charge is -2.12. The highest BCUT2D eigenvalue weighted by atomic mass is 19.2. The van der Waals surface area contributed by atoms with Crippen LogP contribution in [0.15, 0.2) is 23.8 Å². The number of benzene rings is 1. The molecule has 1 aromatic rings. The van der Waals surface area contributed by atoms with Gasteiger partial charge in [0.25, 0.3) is 5.91 Å². The second-order valence-corrected chi connectivity index (χ2v) is 4.14. The summed E-state index contributed by atoms with van der Waals surface area (Å²) in [6.45, 7) is 1.97. The molecule has 0 bridgehead atoms. The van der Waals surface area contributed by atoms with E-state index in [4.69, 9.17) is 10.00 Å². The Balaban J connectivity index is 2.96. The van der Waals surface area contributed by atoms with Crippen LogP contribution in [0.2, 0.25) is 0 Å². The topological polar surface area (TPSA) is 62.1 Å². The van der Waals surface area contributed by atoms with Gasteiger partial charge in [0, 0.05) is 18.7 Å². The summed E-state index contributed by atoms with van der Waals surface area (Å²) in [6.07, 6.45) is 1.01. The van der Waals surface area contributed by atoms with Crippen LogP contribution in [0.5, 0.6) is 0 Å². The Morgan fingerprint density at radius 1 is 1.55 bits per heavy atom. The van der Waals surface area contributed by atoms with Crippen molar-refractivity contribution >= 4 is 12.0 Å². The van der Waals surface area contributed by atoms with Gasteiger partial charge in [-0.05, 0) is 19.1 Å². The fourth-order valence-electron chi connectivity index (χ4n) is 1.53. The lowest BCUT2D eigenvalue weighted by molar-refractivity contribution is -0.117. The number of hydrogen-bond acceptors (Lipinski definition) is 3. The van der Waals surface area contributed by atoms with Gasteiger partial charge in [-0.15, -0.1) is 0 Å². The molecule has 1 aromatic carbocycles. The van der Waals surface area contributed by atoms with Gasteiger partial charge < -0.3 is 10.1 Å². The van der Waals surface area contributed by atoms with E-state index in [1.165, 1.54) is 19.2 Å². The van der Waals surface area contributed by atoms with Crippen molar-refractivity contribution in [1.29, 1.82) is 5.26 Å². The van der Waals surface area contributed by atoms with E-state index in [0.29, 0.717) is 0 Å². The van der Waals surface area contributed by atoms with Crippen molar-refractivity contribution in [3.8, 4) is 6.07 Å². The summed E-state index contributed by atoms with van der Waals surface area (Å²) >= 11 is 0. The van der Waals surface area contributed by atoms with E-state index < -0.39 is 17.5 Å². The van der Waals surface area contributed by atoms with Gasteiger partial charge >= 0.3 is 0 Å². The van der Waals surface area contributed by atoms with Gasteiger partial charge in [0.15, 0.2) is 11.6 Å². The molecular weight excluding hydrogens is 266 g/mol. The first-order valence-electron chi connectivity index (χ1n) is 5.85. The Kier molecular flexibility index (Phi) is 5.81. The van der Waals surface area contributed by atoms with E-state index in [0.717, 1.165) is 12.1 Å². The number of halogens is 2. The van der Waals surface area contributed by atoms with Gasteiger partial charge in [-0.2, -0.15) is 5.26 Å². The minimum atomic E-state index is -1.10. The van der Waals surface area contributed by atoms with Crippen LogP contribution in [-0.4, -0.2) is 25.7 Å². The number of nitrogens with zero attached hydrogens (tertiary/aromatic N) is 1. The van der Waals surface area contributed by atoms with Crippen LogP contribution >= 0.6 is 0 Å². The van der Waals surface area contributed by atoms with Crippen molar-refractivity contribution in [3.63, 3.8) is 0 Å². The number of carbonyl (C=O) groups is 1. The number of hydrogen-bond donors (Lipinski definition) is 1. The molecule has 0 aliphatic rings. The minimum absolute atomic E-state index is 0.156. The van der Waals surface area contributed by atoms with Crippen molar-refractivity contribution in [2.24, 2.45) is 0 Å². The molecule has 1 amide bonds. The molecule has 0 radical (unpaired) electrons. The molecule has 1 unspecified atom stereocenters. The minimum Gasteiger partial charge on any atom is -0.383 e. The Morgan fingerprint density at radius 2 is 2.25 bits per heavy atom. The molecular formula is C14H14F2N2O2. The maximum absolute atomic E-state index is 13.5. The third-order valence-corrected chi connectivity index (χ3v) is 2.44. The fraction of sp³-hybridized carbons (Fsp3) is 0.286. The summed E-state index contributed by atoms with van der Waals surface area (Å²) < 4.78 is 31.3. The number of rotatable bonds is 5. The first-order chi connectivity index (χ1) is 9.49. The summed E-state index contributed by atoms with van der Waals surface area (Å²) in [5.74, 6) is -2.80. The fourth-order valence-corrected chi connectivity index (χ4v) is 1.53. The molecule has 0 saturated heterocycles. The summed E-state index contributed by atoms with van der Waals surface area (Å²) in [6, 6.07) is 4.89. The summed E-state index contributed by atoms with van der Waals surface area (Å²) in [5, 5.41) is 11.4. The normalized spacial score (nSPS) is 12.7. The number of methoxy groups -OCH3 is 1. The Bertz CT molecular complexity index is 565. The van der Waals surface area contributed by atoms with E-state index in [1.54, 1.807) is 13.0 Å². The first-order valence-corrected chi connectivity index (χ1v) is 5.85. The molecule has 4 nitrogen and oxygen atoms in total. The summed E-state index contributed by atoms with van der Waals surface area (Å²) in [4.78, 5) is 11.8.